The van der Waals surface area contributed by atoms with Crippen molar-refractivity contribution in [2.45, 2.75) is 11.4 Å². The number of hydrogen-bond acceptors (Lipinski definition) is 5. The maximum Gasteiger partial charge on any atom is 0.269 e. The van der Waals surface area contributed by atoms with Gasteiger partial charge in [-0.1, -0.05) is 24.3 Å². The molecular formula is C15H14N2O5S. The highest BCUT2D eigenvalue weighted by Crippen LogP contribution is 2.16. The number of hydrogen-bond donors (Lipinski definition) is 1. The molecule has 120 valence electrons. The third-order valence-electron chi connectivity index (χ3n) is 3.13. The zero-order valence-electron chi connectivity index (χ0n) is 12.2. The van der Waals surface area contributed by atoms with E-state index in [1.807, 2.05) is 0 Å². The lowest BCUT2D eigenvalue weighted by atomic mass is 10.2. The highest BCUT2D eigenvalue weighted by Gasteiger charge is 2.17. The number of amides is 1. The lowest BCUT2D eigenvalue weighted by Gasteiger charge is -2.09. The molecule has 1 amide bonds. The fourth-order valence-electron chi connectivity index (χ4n) is 1.99. The second kappa shape index (κ2) is 6.57. The number of carbonyl (C=O) groups is 1. The van der Waals surface area contributed by atoms with Crippen LogP contribution in [0.5, 0.6) is 0 Å². The minimum absolute atomic E-state index is 0.0394. The van der Waals surface area contributed by atoms with Crippen molar-refractivity contribution in [3.63, 3.8) is 0 Å². The summed E-state index contributed by atoms with van der Waals surface area (Å²) >= 11 is 0. The summed E-state index contributed by atoms with van der Waals surface area (Å²) in [6, 6.07) is 11.7. The van der Waals surface area contributed by atoms with Crippen molar-refractivity contribution < 1.29 is 18.1 Å². The summed E-state index contributed by atoms with van der Waals surface area (Å²) in [7, 11) is -3.51. The molecule has 0 aliphatic carbocycles. The van der Waals surface area contributed by atoms with Gasteiger partial charge in [-0.05, 0) is 17.7 Å². The maximum absolute atomic E-state index is 12.2. The largest absolute Gasteiger partial charge is 0.348 e. The van der Waals surface area contributed by atoms with E-state index in [9.17, 15) is 23.3 Å². The molecule has 2 aromatic rings. The minimum atomic E-state index is -3.51. The number of nitrogens with one attached hydrogen (secondary N) is 1. The molecule has 0 bridgehead atoms. The molecule has 0 aliphatic rings. The van der Waals surface area contributed by atoms with Gasteiger partial charge in [0.15, 0.2) is 9.84 Å². The predicted molar refractivity (Wildman–Crippen MR) is 83.8 cm³/mol. The van der Waals surface area contributed by atoms with Crippen LogP contribution in [0.4, 0.5) is 5.69 Å². The van der Waals surface area contributed by atoms with E-state index in [0.717, 1.165) is 6.26 Å². The number of nitro benzene ring substituents is 1. The van der Waals surface area contributed by atoms with E-state index in [4.69, 9.17) is 0 Å². The van der Waals surface area contributed by atoms with Crippen LogP contribution >= 0.6 is 0 Å². The summed E-state index contributed by atoms with van der Waals surface area (Å²) < 4.78 is 23.4. The SMILES string of the molecule is CS(=O)(=O)c1ccccc1C(=O)NCc1ccc([N+](=O)[O-])cc1. The van der Waals surface area contributed by atoms with E-state index < -0.39 is 20.7 Å². The normalized spacial score (nSPS) is 11.0. The van der Waals surface area contributed by atoms with E-state index in [0.29, 0.717) is 5.56 Å². The van der Waals surface area contributed by atoms with Crippen LogP contribution in [0, 0.1) is 10.1 Å². The Morgan fingerprint density at radius 3 is 2.30 bits per heavy atom. The van der Waals surface area contributed by atoms with Gasteiger partial charge in [0.2, 0.25) is 0 Å². The number of sulfone groups is 1. The molecule has 2 rings (SSSR count). The van der Waals surface area contributed by atoms with Gasteiger partial charge in [0, 0.05) is 24.9 Å². The number of benzene rings is 2. The molecule has 23 heavy (non-hydrogen) atoms. The molecule has 0 saturated carbocycles. The quantitative estimate of drug-likeness (QED) is 0.664. The van der Waals surface area contributed by atoms with Crippen molar-refractivity contribution in [2.24, 2.45) is 0 Å². The Balaban J connectivity index is 2.13. The Kier molecular flexibility index (Phi) is 4.75. The van der Waals surface area contributed by atoms with Crippen molar-refractivity contribution in [1.29, 1.82) is 0 Å². The fourth-order valence-corrected chi connectivity index (χ4v) is 2.88. The highest BCUT2D eigenvalue weighted by molar-refractivity contribution is 7.90. The van der Waals surface area contributed by atoms with E-state index in [-0.39, 0.29) is 22.7 Å². The van der Waals surface area contributed by atoms with Gasteiger partial charge in [-0.3, -0.25) is 14.9 Å². The topological polar surface area (TPSA) is 106 Å². The van der Waals surface area contributed by atoms with Gasteiger partial charge in [0.05, 0.1) is 15.4 Å². The summed E-state index contributed by atoms with van der Waals surface area (Å²) in [5.74, 6) is -0.524. The zero-order valence-corrected chi connectivity index (χ0v) is 13.0. The number of nitro groups is 1. The Hall–Kier alpha value is -2.74. The second-order valence-corrected chi connectivity index (χ2v) is 6.86. The summed E-state index contributed by atoms with van der Waals surface area (Å²) in [6.45, 7) is 0.134. The molecule has 0 spiro atoms. The lowest BCUT2D eigenvalue weighted by molar-refractivity contribution is -0.384. The zero-order chi connectivity index (χ0) is 17.0. The molecular weight excluding hydrogens is 320 g/mol. The van der Waals surface area contributed by atoms with Crippen LogP contribution in [0.1, 0.15) is 15.9 Å². The average Bonchev–Trinajstić information content (AvgIpc) is 2.52. The van der Waals surface area contributed by atoms with Gasteiger partial charge in [-0.15, -0.1) is 0 Å². The second-order valence-electron chi connectivity index (χ2n) is 4.87. The van der Waals surface area contributed by atoms with Gasteiger partial charge in [0.25, 0.3) is 11.6 Å². The van der Waals surface area contributed by atoms with Gasteiger partial charge in [0.1, 0.15) is 0 Å². The van der Waals surface area contributed by atoms with Crippen molar-refractivity contribution >= 4 is 21.4 Å². The van der Waals surface area contributed by atoms with E-state index in [2.05, 4.69) is 5.32 Å². The Morgan fingerprint density at radius 1 is 1.13 bits per heavy atom. The minimum Gasteiger partial charge on any atom is -0.348 e. The summed E-state index contributed by atoms with van der Waals surface area (Å²) in [5, 5.41) is 13.2. The molecule has 0 radical (unpaired) electrons. The summed E-state index contributed by atoms with van der Waals surface area (Å²) in [6.07, 6.45) is 1.04. The molecule has 0 aromatic heterocycles. The molecule has 2 aromatic carbocycles. The van der Waals surface area contributed by atoms with Crippen LogP contribution in [0.2, 0.25) is 0 Å². The van der Waals surface area contributed by atoms with Gasteiger partial charge < -0.3 is 5.32 Å². The van der Waals surface area contributed by atoms with Crippen molar-refractivity contribution in [3.05, 3.63) is 69.8 Å². The third-order valence-corrected chi connectivity index (χ3v) is 4.29. The fraction of sp³-hybridized carbons (Fsp3) is 0.133. The van der Waals surface area contributed by atoms with Crippen molar-refractivity contribution in [1.82, 2.24) is 5.32 Å². The monoisotopic (exact) mass is 334 g/mol. The molecule has 0 fully saturated rings. The number of nitrogens with zero attached hydrogens (tertiary/aromatic N) is 1. The highest BCUT2D eigenvalue weighted by atomic mass is 32.2. The molecule has 1 N–H and O–H groups in total. The van der Waals surface area contributed by atoms with Crippen molar-refractivity contribution in [3.8, 4) is 0 Å². The average molecular weight is 334 g/mol. The van der Waals surface area contributed by atoms with Crippen LogP contribution in [0.3, 0.4) is 0 Å². The smallest absolute Gasteiger partial charge is 0.269 e. The molecule has 0 aliphatic heterocycles. The van der Waals surface area contributed by atoms with Crippen LogP contribution < -0.4 is 5.32 Å². The third kappa shape index (κ3) is 4.13. The first-order valence-corrected chi connectivity index (χ1v) is 8.49. The Bertz CT molecular complexity index is 844. The van der Waals surface area contributed by atoms with Gasteiger partial charge in [-0.25, -0.2) is 8.42 Å². The van der Waals surface area contributed by atoms with Crippen LogP contribution in [-0.4, -0.2) is 25.5 Å². The lowest BCUT2D eigenvalue weighted by Crippen LogP contribution is -2.24. The number of rotatable bonds is 5. The molecule has 0 atom stereocenters. The summed E-state index contributed by atoms with van der Waals surface area (Å²) in [4.78, 5) is 22.2. The molecule has 0 heterocycles. The number of carbonyl (C=O) groups excluding carboxylic acids is 1. The van der Waals surface area contributed by atoms with Gasteiger partial charge >= 0.3 is 0 Å². The number of non-ortho nitro benzene ring substituents is 1. The molecule has 0 saturated heterocycles. The van der Waals surface area contributed by atoms with E-state index in [1.54, 1.807) is 12.1 Å². The van der Waals surface area contributed by atoms with E-state index in [1.165, 1.54) is 36.4 Å². The Morgan fingerprint density at radius 2 is 1.74 bits per heavy atom. The molecule has 7 nitrogen and oxygen atoms in total. The molecule has 8 heteroatoms. The standard InChI is InChI=1S/C15H14N2O5S/c1-23(21,22)14-5-3-2-4-13(14)15(18)16-10-11-6-8-12(9-7-11)17(19)20/h2-9H,10H2,1H3,(H,16,18). The van der Waals surface area contributed by atoms with E-state index >= 15 is 0 Å². The first-order valence-electron chi connectivity index (χ1n) is 6.59. The maximum atomic E-state index is 12.2. The molecule has 0 unspecified atom stereocenters. The first-order chi connectivity index (χ1) is 10.8. The van der Waals surface area contributed by atoms with Crippen molar-refractivity contribution in [2.75, 3.05) is 6.26 Å². The van der Waals surface area contributed by atoms with Crippen LogP contribution in [0.15, 0.2) is 53.4 Å². The van der Waals surface area contributed by atoms with Gasteiger partial charge in [-0.2, -0.15) is 0 Å². The summed E-state index contributed by atoms with van der Waals surface area (Å²) in [5.41, 5.74) is 0.695. The van der Waals surface area contributed by atoms with Crippen LogP contribution in [-0.2, 0) is 16.4 Å². The predicted octanol–water partition coefficient (Wildman–Crippen LogP) is 1.93. The first kappa shape index (κ1) is 16.6. The van der Waals surface area contributed by atoms with Crippen LogP contribution in [0.25, 0.3) is 0 Å². The Labute approximate surface area is 133 Å².